The third-order valence-corrected chi connectivity index (χ3v) is 6.89. The summed E-state index contributed by atoms with van der Waals surface area (Å²) in [6, 6.07) is 0. The van der Waals surface area contributed by atoms with Crippen molar-refractivity contribution in [3.8, 4) is 12.3 Å². The van der Waals surface area contributed by atoms with Gasteiger partial charge in [0.15, 0.2) is 5.11 Å². The van der Waals surface area contributed by atoms with Crippen molar-refractivity contribution in [3.05, 3.63) is 0 Å². The van der Waals surface area contributed by atoms with Crippen LogP contribution < -0.4 is 42.5 Å². The van der Waals surface area contributed by atoms with Gasteiger partial charge in [-0.1, -0.05) is 26.2 Å². The Labute approximate surface area is 213 Å². The van der Waals surface area contributed by atoms with Gasteiger partial charge in [-0.2, -0.15) is 0 Å². The molecule has 2 bridgehead atoms. The van der Waals surface area contributed by atoms with Crippen LogP contribution in [0.25, 0.3) is 0 Å². The van der Waals surface area contributed by atoms with E-state index in [2.05, 4.69) is 55.4 Å². The first kappa shape index (κ1) is 29.2. The molecule has 0 aliphatic carbocycles. The van der Waals surface area contributed by atoms with E-state index in [1.165, 1.54) is 19.3 Å². The van der Waals surface area contributed by atoms with Gasteiger partial charge in [0, 0.05) is 96.9 Å². The van der Waals surface area contributed by atoms with Gasteiger partial charge in [-0.25, -0.2) is 0 Å². The van der Waals surface area contributed by atoms with E-state index in [0.29, 0.717) is 0 Å². The third-order valence-electron chi connectivity index (χ3n) is 6.64. The lowest BCUT2D eigenvalue weighted by molar-refractivity contribution is 0.260. The Morgan fingerprint density at radius 1 is 0.735 bits per heavy atom. The number of terminal acetylenes is 1. The molecule has 0 atom stereocenters. The summed E-state index contributed by atoms with van der Waals surface area (Å²) >= 11 is 5.72. The van der Waals surface area contributed by atoms with Crippen LogP contribution in [0.1, 0.15) is 45.4 Å². The number of hydrogen-bond donors (Lipinski definition) is 8. The maximum atomic E-state index is 5.72. The normalized spacial score (nSPS) is 27.8. The minimum Gasteiger partial charge on any atom is -0.363 e. The van der Waals surface area contributed by atoms with E-state index in [0.717, 1.165) is 109 Å². The van der Waals surface area contributed by atoms with Crippen LogP contribution in [0, 0.1) is 17.8 Å². The predicted molar refractivity (Wildman–Crippen MR) is 148 cm³/mol. The first-order valence-corrected chi connectivity index (χ1v) is 13.7. The van der Waals surface area contributed by atoms with Gasteiger partial charge in [0.25, 0.3) is 0 Å². The minimum atomic E-state index is -0.206. The molecular formula is C25H50N8S. The van der Waals surface area contributed by atoms with Crippen molar-refractivity contribution in [1.82, 2.24) is 42.5 Å². The second kappa shape index (κ2) is 17.4. The Morgan fingerprint density at radius 2 is 1.18 bits per heavy atom. The van der Waals surface area contributed by atoms with E-state index < -0.39 is 0 Å². The number of fused-ring (bicyclic) bond motifs is 15. The first-order valence-electron chi connectivity index (χ1n) is 13.3. The van der Waals surface area contributed by atoms with Gasteiger partial charge in [-0.15, -0.1) is 12.3 Å². The zero-order valence-electron chi connectivity index (χ0n) is 21.4. The Balaban J connectivity index is 1.90. The number of unbranched alkanes of at least 4 members (excludes halogenated alkanes) is 5. The van der Waals surface area contributed by atoms with Gasteiger partial charge >= 0.3 is 0 Å². The third kappa shape index (κ3) is 12.6. The summed E-state index contributed by atoms with van der Waals surface area (Å²) in [5.74, 6) is 2.72. The number of rotatable bonds is 8. The molecule has 3 heterocycles. The largest absolute Gasteiger partial charge is 0.363 e. The maximum Gasteiger partial charge on any atom is 0.166 e. The molecule has 3 aliphatic heterocycles. The Morgan fingerprint density at radius 3 is 1.68 bits per heavy atom. The zero-order chi connectivity index (χ0) is 24.4. The molecule has 196 valence electrons. The number of nitrogens with one attached hydrogen (secondary N) is 8. The summed E-state index contributed by atoms with van der Waals surface area (Å²) in [5, 5.41) is 29.8. The fraction of sp³-hybridized carbons (Fsp3) is 0.880. The highest BCUT2D eigenvalue weighted by Crippen LogP contribution is 2.12. The molecule has 0 radical (unpaired) electrons. The van der Waals surface area contributed by atoms with Gasteiger partial charge in [0.2, 0.25) is 0 Å². The molecule has 3 aliphatic rings. The van der Waals surface area contributed by atoms with Crippen molar-refractivity contribution in [2.45, 2.75) is 51.0 Å². The van der Waals surface area contributed by atoms with Crippen LogP contribution in [0.15, 0.2) is 0 Å². The van der Waals surface area contributed by atoms with Crippen molar-refractivity contribution in [1.29, 1.82) is 0 Å². The van der Waals surface area contributed by atoms with Crippen LogP contribution in [0.3, 0.4) is 0 Å². The van der Waals surface area contributed by atoms with Gasteiger partial charge in [0.1, 0.15) is 0 Å². The molecule has 0 amide bonds. The smallest absolute Gasteiger partial charge is 0.166 e. The van der Waals surface area contributed by atoms with Gasteiger partial charge in [-0.05, 0) is 25.1 Å². The quantitative estimate of drug-likeness (QED) is 0.132. The van der Waals surface area contributed by atoms with Crippen molar-refractivity contribution in [2.24, 2.45) is 5.41 Å². The van der Waals surface area contributed by atoms with Crippen molar-refractivity contribution in [3.63, 3.8) is 0 Å². The Bertz CT molecular complexity index is 550. The molecular weight excluding hydrogens is 444 g/mol. The predicted octanol–water partition coefficient (Wildman–Crippen LogP) is -0.266. The lowest BCUT2D eigenvalue weighted by Gasteiger charge is -2.38. The van der Waals surface area contributed by atoms with Crippen molar-refractivity contribution in [2.75, 3.05) is 85.1 Å². The molecule has 34 heavy (non-hydrogen) atoms. The maximum absolute atomic E-state index is 5.72. The van der Waals surface area contributed by atoms with Crippen LogP contribution in [0.4, 0.5) is 0 Å². The van der Waals surface area contributed by atoms with E-state index in [-0.39, 0.29) is 11.0 Å². The summed E-state index contributed by atoms with van der Waals surface area (Å²) in [5.41, 5.74) is -0.0128. The molecule has 0 aromatic heterocycles. The number of hydrogen-bond acceptors (Lipinski definition) is 7. The molecule has 0 spiro atoms. The van der Waals surface area contributed by atoms with Gasteiger partial charge in [-0.3, -0.25) is 0 Å². The van der Waals surface area contributed by atoms with Gasteiger partial charge < -0.3 is 42.5 Å². The SMILES string of the molecule is C#CCCCCCCCNC(=S)NC12CNCCNCC(C)(CNCCNC1)CNCCNC2. The van der Waals surface area contributed by atoms with E-state index in [1.807, 2.05) is 0 Å². The van der Waals surface area contributed by atoms with Crippen LogP contribution in [0.2, 0.25) is 0 Å². The Kier molecular flexibility index (Phi) is 15.0. The summed E-state index contributed by atoms with van der Waals surface area (Å²) in [7, 11) is 0. The Hall–Kier alpha value is -0.990. The van der Waals surface area contributed by atoms with E-state index in [4.69, 9.17) is 18.6 Å². The van der Waals surface area contributed by atoms with E-state index in [9.17, 15) is 0 Å². The van der Waals surface area contributed by atoms with Crippen LogP contribution in [-0.4, -0.2) is 95.7 Å². The highest BCUT2D eigenvalue weighted by molar-refractivity contribution is 7.80. The van der Waals surface area contributed by atoms with E-state index in [1.54, 1.807) is 0 Å². The van der Waals surface area contributed by atoms with Crippen LogP contribution >= 0.6 is 12.2 Å². The second-order valence-electron chi connectivity index (χ2n) is 10.3. The number of thiocarbonyl (C=S) groups is 1. The fourth-order valence-electron chi connectivity index (χ4n) is 4.56. The van der Waals surface area contributed by atoms with E-state index >= 15 is 0 Å². The van der Waals surface area contributed by atoms with Crippen molar-refractivity contribution >= 4 is 17.3 Å². The molecule has 3 fully saturated rings. The first-order chi connectivity index (χ1) is 16.6. The fourth-order valence-corrected chi connectivity index (χ4v) is 4.88. The summed E-state index contributed by atoms with van der Waals surface area (Å²) in [6.45, 7) is 14.4. The molecule has 3 rings (SSSR count). The second-order valence-corrected chi connectivity index (χ2v) is 10.7. The molecule has 0 aromatic rings. The monoisotopic (exact) mass is 494 g/mol. The molecule has 8 N–H and O–H groups in total. The lowest BCUT2D eigenvalue weighted by atomic mass is 9.90. The molecule has 9 heteroatoms. The highest BCUT2D eigenvalue weighted by Gasteiger charge is 2.31. The van der Waals surface area contributed by atoms with Crippen LogP contribution in [-0.2, 0) is 0 Å². The summed E-state index contributed by atoms with van der Waals surface area (Å²) in [4.78, 5) is 0. The van der Waals surface area contributed by atoms with Crippen molar-refractivity contribution < 1.29 is 0 Å². The molecule has 3 saturated heterocycles. The molecule has 8 nitrogen and oxygen atoms in total. The average molecular weight is 495 g/mol. The molecule has 0 saturated carbocycles. The minimum absolute atomic E-state index is 0.194. The van der Waals surface area contributed by atoms with Gasteiger partial charge in [0.05, 0.1) is 5.54 Å². The summed E-state index contributed by atoms with van der Waals surface area (Å²) < 4.78 is 0. The lowest BCUT2D eigenvalue weighted by Crippen LogP contribution is -2.67. The standard InChI is InChI=1S/C25H50N8S/c1-3-4-5-6-7-8-9-10-32-23(34)33-25-20-29-14-11-26-17-24(2,18-27-12-15-30-21-25)19-28-13-16-31-22-25/h1,26-31H,4-22H2,2H3,(H2,32,33,34). The molecule has 0 aromatic carbocycles. The highest BCUT2D eigenvalue weighted by atomic mass is 32.1. The average Bonchev–Trinajstić information content (AvgIpc) is 2.82. The topological polar surface area (TPSA) is 96.2 Å². The zero-order valence-corrected chi connectivity index (χ0v) is 22.2. The van der Waals surface area contributed by atoms with Crippen LogP contribution in [0.5, 0.6) is 0 Å². The molecule has 0 unspecified atom stereocenters. The summed E-state index contributed by atoms with van der Waals surface area (Å²) in [6.07, 6.45) is 12.1.